The molecule has 1 aromatic heterocycles. The van der Waals surface area contributed by atoms with Gasteiger partial charge in [0.25, 0.3) is 0 Å². The minimum Gasteiger partial charge on any atom is -0.304 e. The normalized spacial score (nSPS) is 22.3. The summed E-state index contributed by atoms with van der Waals surface area (Å²) in [6.07, 6.45) is 1.68. The quantitative estimate of drug-likeness (QED) is 0.763. The maximum absolute atomic E-state index is 9.02. The van der Waals surface area contributed by atoms with Gasteiger partial charge in [-0.2, -0.15) is 5.26 Å². The van der Waals surface area contributed by atoms with Gasteiger partial charge in [-0.05, 0) is 20.0 Å². The zero-order valence-electron chi connectivity index (χ0n) is 10.4. The molecule has 1 aliphatic rings. The van der Waals surface area contributed by atoms with E-state index in [1.165, 1.54) is 0 Å². The molecule has 0 aliphatic carbocycles. The van der Waals surface area contributed by atoms with Crippen molar-refractivity contribution in [2.75, 3.05) is 26.7 Å². The van der Waals surface area contributed by atoms with Crippen molar-refractivity contribution in [3.8, 4) is 6.07 Å². The van der Waals surface area contributed by atoms with Gasteiger partial charge in [-0.25, -0.2) is 4.98 Å². The average Bonchev–Trinajstić information content (AvgIpc) is 2.33. The molecule has 0 radical (unpaired) electrons. The molecule has 0 bridgehead atoms. The third kappa shape index (κ3) is 2.82. The second kappa shape index (κ2) is 5.26. The first-order valence-electron chi connectivity index (χ1n) is 5.97. The van der Waals surface area contributed by atoms with E-state index in [2.05, 4.69) is 34.8 Å². The summed E-state index contributed by atoms with van der Waals surface area (Å²) in [5, 5.41) is 9.02. The molecule has 1 unspecified atom stereocenters. The third-order valence-corrected chi connectivity index (χ3v) is 3.34. The lowest BCUT2D eigenvalue weighted by molar-refractivity contribution is 0.0937. The Morgan fingerprint density at radius 1 is 1.53 bits per heavy atom. The predicted molar refractivity (Wildman–Crippen MR) is 66.3 cm³/mol. The number of likely N-dealkylation sites (N-methyl/N-ethyl adjacent to an activating group) is 1. The number of hydrogen-bond donors (Lipinski definition) is 0. The van der Waals surface area contributed by atoms with E-state index in [1.54, 1.807) is 6.20 Å². The highest BCUT2D eigenvalue weighted by Crippen LogP contribution is 2.14. The summed E-state index contributed by atoms with van der Waals surface area (Å²) in [6, 6.07) is 6.59. The van der Waals surface area contributed by atoms with Gasteiger partial charge in [0.05, 0.1) is 0 Å². The maximum atomic E-state index is 9.02. The van der Waals surface area contributed by atoms with Crippen LogP contribution in [0.5, 0.6) is 0 Å². The largest absolute Gasteiger partial charge is 0.304 e. The SMILES string of the molecule is CC1CN(C)CCN1Cc1cccnc1C#N. The number of nitrogens with zero attached hydrogens (tertiary/aromatic N) is 4. The third-order valence-electron chi connectivity index (χ3n) is 3.34. The van der Waals surface area contributed by atoms with Crippen LogP contribution < -0.4 is 0 Å². The van der Waals surface area contributed by atoms with Crippen LogP contribution in [0.1, 0.15) is 18.2 Å². The van der Waals surface area contributed by atoms with E-state index >= 15 is 0 Å². The standard InChI is InChI=1S/C13H18N4/c1-11-9-16(2)6-7-17(11)10-12-4-3-5-15-13(12)8-14/h3-5,11H,6-7,9-10H2,1-2H3. The van der Waals surface area contributed by atoms with Crippen molar-refractivity contribution in [1.29, 1.82) is 5.26 Å². The highest BCUT2D eigenvalue weighted by molar-refractivity contribution is 5.30. The number of hydrogen-bond acceptors (Lipinski definition) is 4. The fraction of sp³-hybridized carbons (Fsp3) is 0.538. The molecular formula is C13H18N4. The molecule has 0 saturated carbocycles. The molecule has 90 valence electrons. The Labute approximate surface area is 102 Å². The molecular weight excluding hydrogens is 212 g/mol. The van der Waals surface area contributed by atoms with E-state index < -0.39 is 0 Å². The van der Waals surface area contributed by atoms with Crippen LogP contribution in [0.3, 0.4) is 0 Å². The second-order valence-electron chi connectivity index (χ2n) is 4.70. The van der Waals surface area contributed by atoms with Crippen molar-refractivity contribution in [1.82, 2.24) is 14.8 Å². The Morgan fingerprint density at radius 3 is 3.06 bits per heavy atom. The molecule has 1 atom stereocenters. The van der Waals surface area contributed by atoms with Crippen LogP contribution in [0.2, 0.25) is 0 Å². The van der Waals surface area contributed by atoms with Gasteiger partial charge in [0.2, 0.25) is 0 Å². The number of piperazine rings is 1. The second-order valence-corrected chi connectivity index (χ2v) is 4.70. The van der Waals surface area contributed by atoms with Crippen LogP contribution >= 0.6 is 0 Å². The number of rotatable bonds is 2. The van der Waals surface area contributed by atoms with Crippen molar-refractivity contribution >= 4 is 0 Å². The summed E-state index contributed by atoms with van der Waals surface area (Å²) in [6.45, 7) is 6.29. The minimum absolute atomic E-state index is 0.528. The van der Waals surface area contributed by atoms with E-state index in [0.717, 1.165) is 31.7 Å². The van der Waals surface area contributed by atoms with E-state index in [-0.39, 0.29) is 0 Å². The van der Waals surface area contributed by atoms with Crippen molar-refractivity contribution in [3.05, 3.63) is 29.6 Å². The molecule has 0 amide bonds. The Hall–Kier alpha value is -1.44. The summed E-state index contributed by atoms with van der Waals surface area (Å²) in [5.41, 5.74) is 1.59. The van der Waals surface area contributed by atoms with Gasteiger partial charge in [0, 0.05) is 44.0 Å². The summed E-state index contributed by atoms with van der Waals surface area (Å²) >= 11 is 0. The number of pyridine rings is 1. The van der Waals surface area contributed by atoms with Gasteiger partial charge < -0.3 is 4.90 Å². The van der Waals surface area contributed by atoms with Crippen LogP contribution in [0.4, 0.5) is 0 Å². The summed E-state index contributed by atoms with van der Waals surface area (Å²) in [7, 11) is 2.15. The number of nitriles is 1. The summed E-state index contributed by atoms with van der Waals surface area (Å²) in [4.78, 5) is 8.86. The lowest BCUT2D eigenvalue weighted by atomic mass is 10.1. The Kier molecular flexibility index (Phi) is 3.72. The monoisotopic (exact) mass is 230 g/mol. The molecule has 0 spiro atoms. The molecule has 2 heterocycles. The zero-order valence-corrected chi connectivity index (χ0v) is 10.4. The van der Waals surface area contributed by atoms with Crippen LogP contribution in [-0.4, -0.2) is 47.5 Å². The Morgan fingerprint density at radius 2 is 2.35 bits per heavy atom. The topological polar surface area (TPSA) is 43.2 Å². The Balaban J connectivity index is 2.08. The maximum Gasteiger partial charge on any atom is 0.144 e. The van der Waals surface area contributed by atoms with Gasteiger partial charge in [0.15, 0.2) is 0 Å². The molecule has 1 saturated heterocycles. The lowest BCUT2D eigenvalue weighted by Crippen LogP contribution is -2.49. The van der Waals surface area contributed by atoms with Crippen molar-refractivity contribution in [2.45, 2.75) is 19.5 Å². The Bertz CT molecular complexity index is 424. The first kappa shape index (κ1) is 12.0. The van der Waals surface area contributed by atoms with Crippen molar-refractivity contribution < 1.29 is 0 Å². The van der Waals surface area contributed by atoms with E-state index in [9.17, 15) is 0 Å². The molecule has 2 rings (SSSR count). The van der Waals surface area contributed by atoms with Crippen LogP contribution in [0, 0.1) is 11.3 Å². The molecule has 1 fully saturated rings. The van der Waals surface area contributed by atoms with E-state index in [4.69, 9.17) is 5.26 Å². The van der Waals surface area contributed by atoms with Gasteiger partial charge in [-0.3, -0.25) is 4.90 Å². The smallest absolute Gasteiger partial charge is 0.144 e. The molecule has 0 N–H and O–H groups in total. The number of aromatic nitrogens is 1. The molecule has 0 aromatic carbocycles. The zero-order chi connectivity index (χ0) is 12.3. The average molecular weight is 230 g/mol. The summed E-state index contributed by atoms with van der Waals surface area (Å²) in [5.74, 6) is 0. The highest BCUT2D eigenvalue weighted by atomic mass is 15.3. The molecule has 1 aromatic rings. The van der Waals surface area contributed by atoms with Crippen LogP contribution in [0.15, 0.2) is 18.3 Å². The fourth-order valence-electron chi connectivity index (χ4n) is 2.30. The minimum atomic E-state index is 0.528. The van der Waals surface area contributed by atoms with Crippen LogP contribution in [-0.2, 0) is 6.54 Å². The first-order valence-corrected chi connectivity index (χ1v) is 5.97. The van der Waals surface area contributed by atoms with Crippen molar-refractivity contribution in [2.24, 2.45) is 0 Å². The van der Waals surface area contributed by atoms with Gasteiger partial charge in [-0.15, -0.1) is 0 Å². The molecule has 4 nitrogen and oxygen atoms in total. The van der Waals surface area contributed by atoms with E-state index in [0.29, 0.717) is 11.7 Å². The van der Waals surface area contributed by atoms with Gasteiger partial charge in [-0.1, -0.05) is 6.07 Å². The predicted octanol–water partition coefficient (Wildman–Crippen LogP) is 1.09. The van der Waals surface area contributed by atoms with Gasteiger partial charge in [0.1, 0.15) is 11.8 Å². The molecule has 4 heteroatoms. The first-order chi connectivity index (χ1) is 8.20. The molecule has 17 heavy (non-hydrogen) atoms. The van der Waals surface area contributed by atoms with Gasteiger partial charge >= 0.3 is 0 Å². The van der Waals surface area contributed by atoms with E-state index in [1.807, 2.05) is 12.1 Å². The molecule has 1 aliphatic heterocycles. The highest BCUT2D eigenvalue weighted by Gasteiger charge is 2.22. The summed E-state index contributed by atoms with van der Waals surface area (Å²) < 4.78 is 0. The lowest BCUT2D eigenvalue weighted by Gasteiger charge is -2.38. The fourth-order valence-corrected chi connectivity index (χ4v) is 2.30. The van der Waals surface area contributed by atoms with Crippen LogP contribution in [0.25, 0.3) is 0 Å². The van der Waals surface area contributed by atoms with Crippen molar-refractivity contribution in [3.63, 3.8) is 0 Å².